The lowest BCUT2D eigenvalue weighted by atomic mass is 9.94. The van der Waals surface area contributed by atoms with Crippen molar-refractivity contribution in [2.24, 2.45) is 11.8 Å². The topological polar surface area (TPSA) is 119 Å². The number of esters is 2. The van der Waals surface area contributed by atoms with Crippen LogP contribution in [0.4, 0.5) is 5.00 Å². The van der Waals surface area contributed by atoms with E-state index >= 15 is 0 Å². The normalized spacial score (nSPS) is 18.5. The van der Waals surface area contributed by atoms with Crippen LogP contribution in [0.15, 0.2) is 29.2 Å². The van der Waals surface area contributed by atoms with Gasteiger partial charge in [0, 0.05) is 18.7 Å². The van der Waals surface area contributed by atoms with Crippen molar-refractivity contribution in [3.05, 3.63) is 45.8 Å². The van der Waals surface area contributed by atoms with Gasteiger partial charge < -0.3 is 14.8 Å². The fourth-order valence-electron chi connectivity index (χ4n) is 4.35. The molecule has 2 aromatic rings. The molecular formula is C25H32N2O7S2. The third kappa shape index (κ3) is 5.96. The predicted octanol–water partition coefficient (Wildman–Crippen LogP) is 4.33. The predicted molar refractivity (Wildman–Crippen MR) is 137 cm³/mol. The van der Waals surface area contributed by atoms with E-state index in [9.17, 15) is 22.8 Å². The summed E-state index contributed by atoms with van der Waals surface area (Å²) in [7, 11) is -3.68. The van der Waals surface area contributed by atoms with Gasteiger partial charge in [-0.3, -0.25) is 4.79 Å². The number of ether oxygens (including phenoxy) is 2. The zero-order valence-electron chi connectivity index (χ0n) is 21.1. The second-order valence-electron chi connectivity index (χ2n) is 8.95. The maximum Gasteiger partial charge on any atom is 0.348 e. The van der Waals surface area contributed by atoms with E-state index in [1.807, 2.05) is 13.8 Å². The molecule has 0 aliphatic carbocycles. The van der Waals surface area contributed by atoms with Gasteiger partial charge in [-0.25, -0.2) is 18.0 Å². The molecule has 0 bridgehead atoms. The van der Waals surface area contributed by atoms with Crippen LogP contribution < -0.4 is 5.32 Å². The molecule has 1 N–H and O–H groups in total. The number of rotatable bonds is 8. The molecule has 2 atom stereocenters. The Bertz CT molecular complexity index is 1230. The Kier molecular flexibility index (Phi) is 8.91. The minimum Gasteiger partial charge on any atom is -0.462 e. The highest BCUT2D eigenvalue weighted by atomic mass is 32.2. The molecule has 0 saturated carbocycles. The molecule has 11 heteroatoms. The van der Waals surface area contributed by atoms with Gasteiger partial charge in [-0.1, -0.05) is 13.8 Å². The van der Waals surface area contributed by atoms with Gasteiger partial charge >= 0.3 is 11.9 Å². The quantitative estimate of drug-likeness (QED) is 0.499. The van der Waals surface area contributed by atoms with Crippen molar-refractivity contribution in [1.82, 2.24) is 4.31 Å². The summed E-state index contributed by atoms with van der Waals surface area (Å²) in [5.74, 6) is -1.27. The molecule has 3 rings (SSSR count). The van der Waals surface area contributed by atoms with Crippen molar-refractivity contribution < 1.29 is 32.3 Å². The summed E-state index contributed by atoms with van der Waals surface area (Å²) in [5, 5.41) is 2.83. The summed E-state index contributed by atoms with van der Waals surface area (Å²) >= 11 is 0.928. The summed E-state index contributed by atoms with van der Waals surface area (Å²) in [6, 6.07) is 5.67. The van der Waals surface area contributed by atoms with Crippen LogP contribution in [0.3, 0.4) is 0 Å². The molecular weight excluding hydrogens is 504 g/mol. The average Bonchev–Trinajstić information content (AvgIpc) is 3.14. The molecule has 1 aliphatic rings. The van der Waals surface area contributed by atoms with Crippen molar-refractivity contribution in [2.45, 2.75) is 45.9 Å². The van der Waals surface area contributed by atoms with Gasteiger partial charge in [0.05, 0.1) is 23.7 Å². The van der Waals surface area contributed by atoms with Crippen LogP contribution >= 0.6 is 11.3 Å². The van der Waals surface area contributed by atoms with Crippen LogP contribution in [0.25, 0.3) is 0 Å². The third-order valence-electron chi connectivity index (χ3n) is 5.90. The first kappa shape index (κ1) is 27.8. The monoisotopic (exact) mass is 536 g/mol. The van der Waals surface area contributed by atoms with Crippen LogP contribution in [0.2, 0.25) is 0 Å². The number of anilines is 1. The van der Waals surface area contributed by atoms with E-state index < -0.39 is 27.9 Å². The van der Waals surface area contributed by atoms with Crippen LogP contribution in [-0.4, -0.2) is 56.9 Å². The number of thiophene rings is 1. The minimum atomic E-state index is -3.68. The van der Waals surface area contributed by atoms with Crippen molar-refractivity contribution in [1.29, 1.82) is 0 Å². The number of hydrogen-bond acceptors (Lipinski definition) is 8. The molecule has 1 fully saturated rings. The minimum absolute atomic E-state index is 0.0887. The molecule has 1 saturated heterocycles. The maximum absolute atomic E-state index is 13.1. The van der Waals surface area contributed by atoms with Crippen LogP contribution in [-0.2, 0) is 19.5 Å². The number of benzene rings is 1. The Labute approximate surface area is 215 Å². The molecule has 0 spiro atoms. The molecule has 36 heavy (non-hydrogen) atoms. The van der Waals surface area contributed by atoms with E-state index in [0.717, 1.165) is 17.8 Å². The number of sulfonamides is 1. The first-order valence-electron chi connectivity index (χ1n) is 11.9. The molecule has 9 nitrogen and oxygen atoms in total. The van der Waals surface area contributed by atoms with Gasteiger partial charge in [-0.05, 0) is 68.9 Å². The van der Waals surface area contributed by atoms with Crippen molar-refractivity contribution in [3.63, 3.8) is 0 Å². The van der Waals surface area contributed by atoms with E-state index in [1.54, 1.807) is 20.8 Å². The van der Waals surface area contributed by atoms with Crippen molar-refractivity contribution >= 4 is 44.2 Å². The summed E-state index contributed by atoms with van der Waals surface area (Å²) in [6.45, 7) is 10.2. The molecule has 1 aliphatic heterocycles. The lowest BCUT2D eigenvalue weighted by Gasteiger charge is -2.34. The summed E-state index contributed by atoms with van der Waals surface area (Å²) in [6.07, 6.45) is 0.985. The van der Waals surface area contributed by atoms with Crippen LogP contribution in [0, 0.1) is 18.8 Å². The van der Waals surface area contributed by atoms with E-state index in [4.69, 9.17) is 9.47 Å². The first-order chi connectivity index (χ1) is 17.0. The lowest BCUT2D eigenvalue weighted by molar-refractivity contribution is 0.0527. The zero-order valence-corrected chi connectivity index (χ0v) is 22.8. The second kappa shape index (κ2) is 11.5. The Morgan fingerprint density at radius 3 is 2.11 bits per heavy atom. The smallest absolute Gasteiger partial charge is 0.348 e. The van der Waals surface area contributed by atoms with Crippen molar-refractivity contribution in [3.8, 4) is 0 Å². The Morgan fingerprint density at radius 2 is 1.56 bits per heavy atom. The Balaban J connectivity index is 1.85. The number of carbonyl (C=O) groups excluding carboxylic acids is 3. The van der Waals surface area contributed by atoms with Crippen LogP contribution in [0.5, 0.6) is 0 Å². The number of amides is 1. The molecule has 1 amide bonds. The summed E-state index contributed by atoms with van der Waals surface area (Å²) in [4.78, 5) is 38.2. The zero-order chi connectivity index (χ0) is 26.6. The molecule has 0 radical (unpaired) electrons. The van der Waals surface area contributed by atoms with Crippen LogP contribution in [0.1, 0.15) is 70.1 Å². The SMILES string of the molecule is CCOC(=O)c1sc(NC(=O)c2ccc(S(=O)(=O)N3C[C@H](C)C[C@@H](C)C3)cc2)c(C(=O)OCC)c1C. The van der Waals surface area contributed by atoms with Gasteiger partial charge in [0.25, 0.3) is 5.91 Å². The largest absolute Gasteiger partial charge is 0.462 e. The van der Waals surface area contributed by atoms with E-state index in [1.165, 1.54) is 28.6 Å². The van der Waals surface area contributed by atoms with Crippen molar-refractivity contribution in [2.75, 3.05) is 31.6 Å². The lowest BCUT2D eigenvalue weighted by Crippen LogP contribution is -2.42. The van der Waals surface area contributed by atoms with Gasteiger partial charge in [0.15, 0.2) is 0 Å². The van der Waals surface area contributed by atoms with E-state index in [-0.39, 0.29) is 51.0 Å². The first-order valence-corrected chi connectivity index (χ1v) is 14.1. The highest BCUT2D eigenvalue weighted by Gasteiger charge is 2.32. The highest BCUT2D eigenvalue weighted by molar-refractivity contribution is 7.89. The summed E-state index contributed by atoms with van der Waals surface area (Å²) in [5.41, 5.74) is 0.650. The highest BCUT2D eigenvalue weighted by Crippen LogP contribution is 2.35. The fraction of sp³-hybridized carbons (Fsp3) is 0.480. The van der Waals surface area contributed by atoms with Gasteiger partial charge in [-0.15, -0.1) is 11.3 Å². The van der Waals surface area contributed by atoms with E-state index in [2.05, 4.69) is 5.32 Å². The summed E-state index contributed by atoms with van der Waals surface area (Å²) < 4.78 is 37.9. The number of piperidine rings is 1. The maximum atomic E-state index is 13.1. The molecule has 1 aromatic heterocycles. The second-order valence-corrected chi connectivity index (χ2v) is 11.9. The van der Waals surface area contributed by atoms with E-state index in [0.29, 0.717) is 18.7 Å². The molecule has 0 unspecified atom stereocenters. The molecule has 196 valence electrons. The number of nitrogens with one attached hydrogen (secondary N) is 1. The third-order valence-corrected chi connectivity index (χ3v) is 8.94. The Hall–Kier alpha value is -2.76. The van der Waals surface area contributed by atoms with Gasteiger partial charge in [-0.2, -0.15) is 4.31 Å². The van der Waals surface area contributed by atoms with Gasteiger partial charge in [0.2, 0.25) is 10.0 Å². The fourth-order valence-corrected chi connectivity index (χ4v) is 7.11. The Morgan fingerprint density at radius 1 is 1.00 bits per heavy atom. The molecule has 2 heterocycles. The standard InChI is InChI=1S/C25H32N2O7S2/c1-6-33-24(29)20-17(5)21(25(30)34-7-2)35-23(20)26-22(28)18-8-10-19(11-9-18)36(31,32)27-13-15(3)12-16(4)14-27/h8-11,15-16H,6-7,12-14H2,1-5H3,(H,26,28)/t15-,16-/m1/s1. The molecule has 1 aromatic carbocycles. The van der Waals surface area contributed by atoms with Gasteiger partial charge in [0.1, 0.15) is 9.88 Å². The average molecular weight is 537 g/mol. The number of nitrogens with zero attached hydrogens (tertiary/aromatic N) is 1. The number of hydrogen-bond donors (Lipinski definition) is 1. The number of carbonyl (C=O) groups is 3.